The van der Waals surface area contributed by atoms with Crippen LogP contribution in [0.25, 0.3) is 0 Å². The molecule has 1 saturated heterocycles. The van der Waals surface area contributed by atoms with Gasteiger partial charge >= 0.3 is 0 Å². The van der Waals surface area contributed by atoms with Gasteiger partial charge in [-0.2, -0.15) is 0 Å². The van der Waals surface area contributed by atoms with Gasteiger partial charge in [0.25, 0.3) is 5.91 Å². The van der Waals surface area contributed by atoms with E-state index >= 15 is 0 Å². The van der Waals surface area contributed by atoms with Crippen LogP contribution in [-0.2, 0) is 4.79 Å². The Labute approximate surface area is 109 Å². The minimum Gasteiger partial charge on any atom is -0.269 e. The molecule has 2 aromatic rings. The van der Waals surface area contributed by atoms with E-state index in [1.807, 2.05) is 52.7 Å². The van der Waals surface area contributed by atoms with Gasteiger partial charge in [0.1, 0.15) is 6.42 Å². The Bertz CT molecular complexity index is 575. The van der Waals surface area contributed by atoms with E-state index in [0.29, 0.717) is 6.42 Å². The number of amides is 1. The highest BCUT2D eigenvalue weighted by atomic mass is 32.1. The Balaban J connectivity index is 1.95. The van der Waals surface area contributed by atoms with Gasteiger partial charge in [-0.05, 0) is 23.6 Å². The summed E-state index contributed by atoms with van der Waals surface area (Å²) >= 11 is 1.68. The quantitative estimate of drug-likeness (QED) is 0.823. The lowest BCUT2D eigenvalue weighted by Gasteiger charge is -2.01. The summed E-state index contributed by atoms with van der Waals surface area (Å²) in [4.78, 5) is 12.8. The molecule has 1 aromatic carbocycles. The minimum atomic E-state index is 0.0700. The molecule has 1 amide bonds. The van der Waals surface area contributed by atoms with E-state index < -0.39 is 0 Å². The van der Waals surface area contributed by atoms with E-state index in [-0.39, 0.29) is 11.9 Å². The highest BCUT2D eigenvalue weighted by Crippen LogP contribution is 2.27. The van der Waals surface area contributed by atoms with Crippen LogP contribution in [0.1, 0.15) is 22.9 Å². The van der Waals surface area contributed by atoms with Crippen molar-refractivity contribution in [2.75, 3.05) is 0 Å². The van der Waals surface area contributed by atoms with Gasteiger partial charge in [-0.25, -0.2) is 0 Å². The summed E-state index contributed by atoms with van der Waals surface area (Å²) in [6.45, 7) is 0. The second kappa shape index (κ2) is 4.74. The molecule has 1 aromatic heterocycles. The van der Waals surface area contributed by atoms with Crippen molar-refractivity contribution >= 4 is 23.5 Å². The van der Waals surface area contributed by atoms with E-state index in [2.05, 4.69) is 11.5 Å². The molecular formula is C14H13N2OS+. The molecule has 1 unspecified atom stereocenters. The van der Waals surface area contributed by atoms with E-state index in [1.54, 1.807) is 11.3 Å². The molecule has 3 nitrogen and oxygen atoms in total. The molecule has 1 atom stereocenters. The highest BCUT2D eigenvalue weighted by molar-refractivity contribution is 7.10. The Kier molecular flexibility index (Phi) is 2.94. The fourth-order valence-corrected chi connectivity index (χ4v) is 2.91. The molecule has 0 radical (unpaired) electrons. The van der Waals surface area contributed by atoms with Crippen molar-refractivity contribution in [1.82, 2.24) is 5.43 Å². The van der Waals surface area contributed by atoms with E-state index in [4.69, 9.17) is 0 Å². The van der Waals surface area contributed by atoms with Crippen LogP contribution in [0.15, 0.2) is 47.8 Å². The third-order valence-electron chi connectivity index (χ3n) is 2.93. The number of hydrazine groups is 1. The first-order chi connectivity index (χ1) is 8.83. The zero-order valence-corrected chi connectivity index (χ0v) is 10.6. The molecule has 3 rings (SSSR count). The van der Waals surface area contributed by atoms with Gasteiger partial charge in [-0.1, -0.05) is 24.3 Å². The van der Waals surface area contributed by atoms with Crippen LogP contribution in [0.5, 0.6) is 0 Å². The molecule has 0 bridgehead atoms. The van der Waals surface area contributed by atoms with Crippen LogP contribution in [-0.4, -0.2) is 16.8 Å². The van der Waals surface area contributed by atoms with E-state index in [9.17, 15) is 4.79 Å². The summed E-state index contributed by atoms with van der Waals surface area (Å²) < 4.78 is 1.91. The van der Waals surface area contributed by atoms with Gasteiger partial charge in [-0.15, -0.1) is 21.4 Å². The molecule has 1 aliphatic heterocycles. The predicted molar refractivity (Wildman–Crippen MR) is 71.7 cm³/mol. The molecule has 90 valence electrons. The number of hydrogen-bond acceptors (Lipinski definition) is 2. The Morgan fingerprint density at radius 1 is 1.22 bits per heavy atom. The van der Waals surface area contributed by atoms with E-state index in [1.165, 1.54) is 4.88 Å². The third-order valence-corrected chi connectivity index (χ3v) is 3.90. The summed E-state index contributed by atoms with van der Waals surface area (Å²) in [6.07, 6.45) is 2.50. The highest BCUT2D eigenvalue weighted by Gasteiger charge is 2.36. The summed E-state index contributed by atoms with van der Waals surface area (Å²) in [5.41, 5.74) is 3.97. The number of benzene rings is 1. The predicted octanol–water partition coefficient (Wildman–Crippen LogP) is 2.36. The lowest BCUT2D eigenvalue weighted by atomic mass is 10.2. The Morgan fingerprint density at radius 2 is 2.06 bits per heavy atom. The number of rotatable bonds is 2. The first-order valence-corrected chi connectivity index (χ1v) is 6.72. The standard InChI is InChI=1S/C14H12N2OS/c17-14-9-12(13-7-4-8-18-13)16(15-14)10-11-5-2-1-3-6-11/h1-8,10,12H,9H2/p+1/b16-10-. The van der Waals surface area contributed by atoms with Crippen LogP contribution >= 0.6 is 11.3 Å². The van der Waals surface area contributed by atoms with Crippen molar-refractivity contribution in [2.45, 2.75) is 12.5 Å². The lowest BCUT2D eigenvalue weighted by Crippen LogP contribution is -2.26. The average molecular weight is 257 g/mol. The molecule has 4 heteroatoms. The first kappa shape index (κ1) is 11.2. The Hall–Kier alpha value is -1.94. The largest absolute Gasteiger partial charge is 0.281 e. The molecule has 1 aliphatic rings. The van der Waals surface area contributed by atoms with Crippen molar-refractivity contribution < 1.29 is 9.48 Å². The Morgan fingerprint density at radius 3 is 2.78 bits per heavy atom. The molecule has 0 spiro atoms. The lowest BCUT2D eigenvalue weighted by molar-refractivity contribution is -0.594. The number of carbonyl (C=O) groups excluding carboxylic acids is 1. The average Bonchev–Trinajstić information content (AvgIpc) is 3.00. The third kappa shape index (κ3) is 2.19. The maximum absolute atomic E-state index is 11.6. The summed E-state index contributed by atoms with van der Waals surface area (Å²) in [5, 5.41) is 2.04. The molecular weight excluding hydrogens is 244 g/mol. The minimum absolute atomic E-state index is 0.0700. The van der Waals surface area contributed by atoms with Crippen LogP contribution in [0.3, 0.4) is 0 Å². The van der Waals surface area contributed by atoms with Crippen molar-refractivity contribution in [2.24, 2.45) is 0 Å². The van der Waals surface area contributed by atoms with Crippen LogP contribution in [0.2, 0.25) is 0 Å². The molecule has 1 fully saturated rings. The SMILES string of the molecule is O=C1CC(c2cccs2)/[N+](=C/c2ccccc2)N1. The van der Waals surface area contributed by atoms with E-state index in [0.717, 1.165) is 5.56 Å². The zero-order chi connectivity index (χ0) is 12.4. The number of thiophene rings is 1. The normalized spacial score (nSPS) is 21.2. The van der Waals surface area contributed by atoms with Crippen molar-refractivity contribution in [3.63, 3.8) is 0 Å². The van der Waals surface area contributed by atoms with Gasteiger partial charge in [0.15, 0.2) is 0 Å². The molecule has 0 saturated carbocycles. The fraction of sp³-hybridized carbons (Fsp3) is 0.143. The fourth-order valence-electron chi connectivity index (χ4n) is 2.08. The number of hydrazone groups is 1. The second-order valence-electron chi connectivity index (χ2n) is 4.22. The molecule has 1 N–H and O–H groups in total. The molecule has 0 aliphatic carbocycles. The first-order valence-electron chi connectivity index (χ1n) is 5.84. The van der Waals surface area contributed by atoms with Crippen LogP contribution < -0.4 is 5.43 Å². The van der Waals surface area contributed by atoms with Gasteiger partial charge in [0.2, 0.25) is 12.3 Å². The van der Waals surface area contributed by atoms with Gasteiger partial charge in [0.05, 0.1) is 4.88 Å². The molecule has 18 heavy (non-hydrogen) atoms. The maximum atomic E-state index is 11.6. The van der Waals surface area contributed by atoms with Crippen molar-refractivity contribution in [3.8, 4) is 0 Å². The topological polar surface area (TPSA) is 32.1 Å². The summed E-state index contributed by atoms with van der Waals surface area (Å²) in [6, 6.07) is 14.2. The monoisotopic (exact) mass is 257 g/mol. The zero-order valence-electron chi connectivity index (χ0n) is 9.74. The summed E-state index contributed by atoms with van der Waals surface area (Å²) in [5.74, 6) is 0.0700. The number of nitrogens with one attached hydrogen (secondary N) is 1. The number of hydrogen-bond donors (Lipinski definition) is 1. The smallest absolute Gasteiger partial charge is 0.269 e. The van der Waals surface area contributed by atoms with Crippen molar-refractivity contribution in [1.29, 1.82) is 0 Å². The van der Waals surface area contributed by atoms with Crippen molar-refractivity contribution in [3.05, 3.63) is 58.3 Å². The van der Waals surface area contributed by atoms with Gasteiger partial charge in [-0.3, -0.25) is 4.79 Å². The maximum Gasteiger partial charge on any atom is 0.281 e. The number of carbonyl (C=O) groups is 1. The van der Waals surface area contributed by atoms with Crippen LogP contribution in [0.4, 0.5) is 0 Å². The molecule has 2 heterocycles. The van der Waals surface area contributed by atoms with Crippen LogP contribution in [0, 0.1) is 0 Å². The van der Waals surface area contributed by atoms with Gasteiger partial charge < -0.3 is 0 Å². The number of nitrogens with zero attached hydrogens (tertiary/aromatic N) is 1. The van der Waals surface area contributed by atoms with Gasteiger partial charge in [0, 0.05) is 5.56 Å². The summed E-state index contributed by atoms with van der Waals surface area (Å²) in [7, 11) is 0. The second-order valence-corrected chi connectivity index (χ2v) is 5.20.